The summed E-state index contributed by atoms with van der Waals surface area (Å²) in [5.74, 6) is -0.362. The monoisotopic (exact) mass is 312 g/mol. The molecule has 2 N–H and O–H groups in total. The Morgan fingerprint density at radius 2 is 2.10 bits per heavy atom. The molecule has 1 fully saturated rings. The van der Waals surface area contributed by atoms with E-state index < -0.39 is 5.91 Å². The Kier molecular flexibility index (Phi) is 5.51. The van der Waals surface area contributed by atoms with Gasteiger partial charge in [0, 0.05) is 24.9 Å². The second kappa shape index (κ2) is 7.37. The highest BCUT2D eigenvalue weighted by Gasteiger charge is 2.17. The van der Waals surface area contributed by atoms with Crippen molar-refractivity contribution in [3.8, 4) is 0 Å². The summed E-state index contributed by atoms with van der Waals surface area (Å²) in [4.78, 5) is 29.8. The fraction of sp³-hybridized carbons (Fsp3) is 0.615. The van der Waals surface area contributed by atoms with Gasteiger partial charge < -0.3 is 9.64 Å². The summed E-state index contributed by atoms with van der Waals surface area (Å²) in [5.41, 5.74) is 5.09. The van der Waals surface area contributed by atoms with Gasteiger partial charge in [-0.15, -0.1) is 11.3 Å². The van der Waals surface area contributed by atoms with Crippen LogP contribution in [0.2, 0.25) is 0 Å². The number of anilines is 1. The van der Waals surface area contributed by atoms with Gasteiger partial charge in [0.1, 0.15) is 5.69 Å². The predicted octanol–water partition coefficient (Wildman–Crippen LogP) is 0.787. The minimum Gasteiger partial charge on any atom is -0.378 e. The molecule has 1 aromatic heterocycles. The molecule has 116 valence electrons. The number of hydrogen-bond donors (Lipinski definition) is 2. The first kappa shape index (κ1) is 15.7. The summed E-state index contributed by atoms with van der Waals surface area (Å²) in [6, 6.07) is 0. The number of carbonyl (C=O) groups excluding carboxylic acids is 2. The number of rotatable bonds is 4. The van der Waals surface area contributed by atoms with E-state index in [-0.39, 0.29) is 11.8 Å². The maximum Gasteiger partial charge on any atom is 0.289 e. The van der Waals surface area contributed by atoms with Gasteiger partial charge >= 0.3 is 0 Å². The van der Waals surface area contributed by atoms with Crippen LogP contribution >= 0.6 is 11.3 Å². The summed E-state index contributed by atoms with van der Waals surface area (Å²) in [6.07, 6.45) is 0.371. The first-order valence-electron chi connectivity index (χ1n) is 6.93. The molecule has 2 amide bonds. The Morgan fingerprint density at radius 3 is 2.76 bits per heavy atom. The lowest BCUT2D eigenvalue weighted by atomic mass is 10.1. The van der Waals surface area contributed by atoms with Crippen LogP contribution in [0, 0.1) is 5.92 Å². The molecule has 0 radical (unpaired) electrons. The fourth-order valence-electron chi connectivity index (χ4n) is 1.88. The zero-order chi connectivity index (χ0) is 15.2. The Labute approximate surface area is 127 Å². The van der Waals surface area contributed by atoms with E-state index in [0.717, 1.165) is 18.2 Å². The van der Waals surface area contributed by atoms with Gasteiger partial charge in [0.15, 0.2) is 5.13 Å². The lowest BCUT2D eigenvalue weighted by molar-refractivity contribution is -0.122. The minimum atomic E-state index is -0.400. The summed E-state index contributed by atoms with van der Waals surface area (Å²) in [5, 5.41) is 2.49. The van der Waals surface area contributed by atoms with Crippen LogP contribution in [0.4, 0.5) is 5.13 Å². The molecule has 1 aromatic rings. The Hall–Kier alpha value is -1.67. The summed E-state index contributed by atoms with van der Waals surface area (Å²) in [7, 11) is 0. The maximum atomic E-state index is 11.9. The molecule has 0 bridgehead atoms. The third-order valence-corrected chi connectivity index (χ3v) is 3.82. The van der Waals surface area contributed by atoms with E-state index in [1.54, 1.807) is 5.38 Å². The van der Waals surface area contributed by atoms with Gasteiger partial charge in [-0.1, -0.05) is 13.8 Å². The highest BCUT2D eigenvalue weighted by atomic mass is 32.1. The van der Waals surface area contributed by atoms with Crippen LogP contribution in [-0.4, -0.2) is 43.1 Å². The van der Waals surface area contributed by atoms with Crippen LogP contribution in [0.1, 0.15) is 30.8 Å². The molecule has 1 aliphatic heterocycles. The SMILES string of the molecule is CC(C)CC(=O)NNC(=O)c1csc(N2CCOCC2)n1. The molecule has 1 saturated heterocycles. The van der Waals surface area contributed by atoms with E-state index >= 15 is 0 Å². The first-order chi connectivity index (χ1) is 10.1. The standard InChI is InChI=1S/C13H20N4O3S/c1-9(2)7-11(18)15-16-12(19)10-8-21-13(14-10)17-3-5-20-6-4-17/h8-9H,3-7H2,1-2H3,(H,15,18)(H,16,19). The smallest absolute Gasteiger partial charge is 0.289 e. The van der Waals surface area contributed by atoms with E-state index in [9.17, 15) is 9.59 Å². The van der Waals surface area contributed by atoms with Crippen molar-refractivity contribution >= 4 is 28.3 Å². The van der Waals surface area contributed by atoms with Crippen LogP contribution < -0.4 is 15.8 Å². The second-order valence-electron chi connectivity index (χ2n) is 5.22. The molecule has 0 spiro atoms. The molecule has 0 unspecified atom stereocenters. The molecule has 21 heavy (non-hydrogen) atoms. The molecule has 0 saturated carbocycles. The molecule has 0 aliphatic carbocycles. The topological polar surface area (TPSA) is 83.6 Å². The number of ether oxygens (including phenoxy) is 1. The Morgan fingerprint density at radius 1 is 1.38 bits per heavy atom. The average molecular weight is 312 g/mol. The van der Waals surface area contributed by atoms with Crippen molar-refractivity contribution in [1.29, 1.82) is 0 Å². The van der Waals surface area contributed by atoms with Crippen molar-refractivity contribution in [1.82, 2.24) is 15.8 Å². The largest absolute Gasteiger partial charge is 0.378 e. The number of nitrogens with one attached hydrogen (secondary N) is 2. The van der Waals surface area contributed by atoms with E-state index in [0.29, 0.717) is 25.3 Å². The van der Waals surface area contributed by atoms with E-state index in [2.05, 4.69) is 20.7 Å². The normalized spacial score (nSPS) is 15.1. The van der Waals surface area contributed by atoms with E-state index in [1.807, 2.05) is 13.8 Å². The second-order valence-corrected chi connectivity index (χ2v) is 6.05. The number of hydrazine groups is 1. The summed E-state index contributed by atoms with van der Waals surface area (Å²) >= 11 is 1.42. The maximum absolute atomic E-state index is 11.9. The predicted molar refractivity (Wildman–Crippen MR) is 80.2 cm³/mol. The number of carbonyl (C=O) groups is 2. The summed E-state index contributed by atoms with van der Waals surface area (Å²) in [6.45, 7) is 6.78. The molecular formula is C13H20N4O3S. The zero-order valence-electron chi connectivity index (χ0n) is 12.2. The van der Waals surface area contributed by atoms with Gasteiger partial charge in [-0.25, -0.2) is 4.98 Å². The van der Waals surface area contributed by atoms with Crippen LogP contribution in [-0.2, 0) is 9.53 Å². The number of morpholine rings is 1. The minimum absolute atomic E-state index is 0.206. The number of hydrogen-bond acceptors (Lipinski definition) is 6. The molecule has 2 rings (SSSR count). The molecular weight excluding hydrogens is 292 g/mol. The molecule has 8 heteroatoms. The molecule has 1 aliphatic rings. The quantitative estimate of drug-likeness (QED) is 0.803. The number of nitrogens with zero attached hydrogens (tertiary/aromatic N) is 2. The molecule has 0 aromatic carbocycles. The van der Waals surface area contributed by atoms with Gasteiger partial charge in [0.2, 0.25) is 5.91 Å². The van der Waals surface area contributed by atoms with Crippen molar-refractivity contribution in [3.63, 3.8) is 0 Å². The highest BCUT2D eigenvalue weighted by Crippen LogP contribution is 2.21. The van der Waals surface area contributed by atoms with Crippen LogP contribution in [0.15, 0.2) is 5.38 Å². The third-order valence-electron chi connectivity index (χ3n) is 2.92. The average Bonchev–Trinajstić information content (AvgIpc) is 2.95. The Bertz CT molecular complexity index is 497. The first-order valence-corrected chi connectivity index (χ1v) is 7.81. The van der Waals surface area contributed by atoms with Crippen LogP contribution in [0.3, 0.4) is 0 Å². The molecule has 0 atom stereocenters. The van der Waals surface area contributed by atoms with Crippen molar-refractivity contribution in [2.24, 2.45) is 5.92 Å². The van der Waals surface area contributed by atoms with E-state index in [1.165, 1.54) is 11.3 Å². The van der Waals surface area contributed by atoms with Gasteiger partial charge in [-0.05, 0) is 5.92 Å². The lowest BCUT2D eigenvalue weighted by Crippen LogP contribution is -2.42. The van der Waals surface area contributed by atoms with Crippen LogP contribution in [0.25, 0.3) is 0 Å². The summed E-state index contributed by atoms with van der Waals surface area (Å²) < 4.78 is 5.28. The number of amides is 2. The van der Waals surface area contributed by atoms with Crippen molar-refractivity contribution in [2.75, 3.05) is 31.2 Å². The van der Waals surface area contributed by atoms with Crippen molar-refractivity contribution in [2.45, 2.75) is 20.3 Å². The van der Waals surface area contributed by atoms with Crippen LogP contribution in [0.5, 0.6) is 0 Å². The van der Waals surface area contributed by atoms with E-state index in [4.69, 9.17) is 4.74 Å². The van der Waals surface area contributed by atoms with Crippen molar-refractivity contribution < 1.29 is 14.3 Å². The fourth-order valence-corrected chi connectivity index (χ4v) is 2.74. The van der Waals surface area contributed by atoms with Gasteiger partial charge in [-0.2, -0.15) is 0 Å². The van der Waals surface area contributed by atoms with Gasteiger partial charge in [0.05, 0.1) is 13.2 Å². The zero-order valence-corrected chi connectivity index (χ0v) is 13.0. The van der Waals surface area contributed by atoms with Gasteiger partial charge in [0.25, 0.3) is 5.91 Å². The van der Waals surface area contributed by atoms with Crippen molar-refractivity contribution in [3.05, 3.63) is 11.1 Å². The highest BCUT2D eigenvalue weighted by molar-refractivity contribution is 7.13. The molecule has 2 heterocycles. The third kappa shape index (κ3) is 4.68. The number of thiazole rings is 1. The Balaban J connectivity index is 1.85. The molecule has 7 nitrogen and oxygen atoms in total. The number of aromatic nitrogens is 1. The lowest BCUT2D eigenvalue weighted by Gasteiger charge is -2.25. The van der Waals surface area contributed by atoms with Gasteiger partial charge in [-0.3, -0.25) is 20.4 Å².